The molecular weight excluding hydrogens is 839 g/mol. The highest BCUT2D eigenvalue weighted by Crippen LogP contribution is 2.64. The monoisotopic (exact) mass is 868 g/mol. The van der Waals surface area contributed by atoms with Gasteiger partial charge in [0, 0.05) is 28.3 Å². The normalized spacial score (nSPS) is 24.6. The maximum Gasteiger partial charge on any atom is 0.417 e. The number of hydrazine groups is 1. The number of phenols is 1. The van der Waals surface area contributed by atoms with Gasteiger partial charge in [0.1, 0.15) is 0 Å². The Morgan fingerprint density at radius 1 is 0.836 bits per heavy atom. The van der Waals surface area contributed by atoms with E-state index in [1.54, 1.807) is 48.5 Å². The predicted molar refractivity (Wildman–Crippen MR) is 214 cm³/mol. The minimum Gasteiger partial charge on any atom is -0.505 e. The molecule has 61 heavy (non-hydrogen) atoms. The summed E-state index contributed by atoms with van der Waals surface area (Å²) < 4.78 is 56.0. The van der Waals surface area contributed by atoms with Crippen molar-refractivity contribution < 1.29 is 46.6 Å². The van der Waals surface area contributed by atoms with Gasteiger partial charge in [-0.2, -0.15) is 18.2 Å². The number of benzene rings is 4. The third kappa shape index (κ3) is 6.30. The molecule has 4 aliphatic rings. The third-order valence-corrected chi connectivity index (χ3v) is 12.8. The van der Waals surface area contributed by atoms with Crippen LogP contribution in [0.5, 0.6) is 5.75 Å². The van der Waals surface area contributed by atoms with Crippen LogP contribution in [-0.4, -0.2) is 44.5 Å². The first-order chi connectivity index (χ1) is 29.1. The number of fused-ring (bicyclic) bond motifs is 4. The van der Waals surface area contributed by atoms with Crippen molar-refractivity contribution in [3.8, 4) is 5.75 Å². The van der Waals surface area contributed by atoms with Crippen molar-refractivity contribution >= 4 is 64.1 Å². The number of halogens is 6. The lowest BCUT2D eigenvalue weighted by atomic mass is 9.49. The molecular formula is C45H30Cl2F4N4O6. The van der Waals surface area contributed by atoms with Gasteiger partial charge in [0.15, 0.2) is 23.2 Å². The highest BCUT2D eigenvalue weighted by Gasteiger charge is 2.70. The Bertz CT molecular complexity index is 2710. The number of hydrogen-bond donors (Lipinski definition) is 2. The molecule has 2 aliphatic heterocycles. The van der Waals surface area contributed by atoms with Crippen LogP contribution in [0.3, 0.4) is 0 Å². The van der Waals surface area contributed by atoms with Crippen molar-refractivity contribution in [1.82, 2.24) is 9.99 Å². The number of imide groups is 2. The van der Waals surface area contributed by atoms with E-state index in [2.05, 4.69) is 10.4 Å². The first-order valence-electron chi connectivity index (χ1n) is 19.0. The molecule has 0 radical (unpaired) electrons. The van der Waals surface area contributed by atoms with Crippen LogP contribution in [0.25, 0.3) is 0 Å². The molecule has 3 heterocycles. The molecule has 5 aromatic rings. The quantitative estimate of drug-likeness (QED) is 0.0718. The van der Waals surface area contributed by atoms with Gasteiger partial charge in [0.2, 0.25) is 11.8 Å². The molecule has 6 atom stereocenters. The summed E-state index contributed by atoms with van der Waals surface area (Å²) in [4.78, 5) is 77.0. The van der Waals surface area contributed by atoms with Gasteiger partial charge >= 0.3 is 6.18 Å². The molecule has 3 fully saturated rings. The molecule has 0 spiro atoms. The molecule has 0 bridgehead atoms. The van der Waals surface area contributed by atoms with Gasteiger partial charge in [0.05, 0.1) is 39.4 Å². The van der Waals surface area contributed by atoms with E-state index < -0.39 is 92.8 Å². The number of carbonyl (C=O) groups excluding carboxylic acids is 5. The summed E-state index contributed by atoms with van der Waals surface area (Å²) in [5.41, 5.74) is 1.39. The summed E-state index contributed by atoms with van der Waals surface area (Å²) >= 11 is 12.5. The van der Waals surface area contributed by atoms with Crippen LogP contribution >= 0.6 is 23.2 Å². The lowest BCUT2D eigenvalue weighted by Crippen LogP contribution is -2.53. The Hall–Kier alpha value is -6.38. The number of nitrogens with zero attached hydrogens (tertiary/aromatic N) is 3. The SMILES string of the molecule is O=C(c1ccccc1)c1ccc(N2C(=O)[C@H]3[C@H](CC=C4[C@H]3C[C@H]3C(=O)N(Nc5ncc(C(F)(F)F)cc5Cl)C(=O)[C@@]3(c3ccc(Cl)cc3)[C@H]4c3ccc(O)c(F)c3)C2=O)cc1. The number of carbonyl (C=O) groups is 5. The van der Waals surface area contributed by atoms with Crippen molar-refractivity contribution in [3.63, 3.8) is 0 Å². The van der Waals surface area contributed by atoms with Gasteiger partial charge in [-0.1, -0.05) is 83.4 Å². The molecule has 1 aromatic heterocycles. The zero-order chi connectivity index (χ0) is 43.1. The molecule has 2 N–H and O–H groups in total. The van der Waals surface area contributed by atoms with Crippen LogP contribution in [-0.2, 0) is 30.8 Å². The Kier molecular flexibility index (Phi) is 9.63. The number of amides is 4. The minimum atomic E-state index is -4.80. The zero-order valence-corrected chi connectivity index (χ0v) is 32.9. The molecule has 0 unspecified atom stereocenters. The van der Waals surface area contributed by atoms with E-state index in [-0.39, 0.29) is 40.5 Å². The fourth-order valence-corrected chi connectivity index (χ4v) is 9.97. The van der Waals surface area contributed by atoms with Gasteiger partial charge in [-0.25, -0.2) is 9.37 Å². The average molecular weight is 870 g/mol. The first kappa shape index (κ1) is 40.0. The summed E-state index contributed by atoms with van der Waals surface area (Å²) in [6.07, 6.45) is -2.69. The Morgan fingerprint density at radius 2 is 1.52 bits per heavy atom. The lowest BCUT2D eigenvalue weighted by molar-refractivity contribution is -0.139. The first-order valence-corrected chi connectivity index (χ1v) is 19.8. The molecule has 9 rings (SSSR count). The van der Waals surface area contributed by atoms with Crippen molar-refractivity contribution in [2.45, 2.75) is 30.4 Å². The molecule has 2 saturated heterocycles. The summed E-state index contributed by atoms with van der Waals surface area (Å²) in [6.45, 7) is 0. The summed E-state index contributed by atoms with van der Waals surface area (Å²) in [5, 5.41) is 10.6. The van der Waals surface area contributed by atoms with Gasteiger partial charge in [-0.05, 0) is 84.5 Å². The van der Waals surface area contributed by atoms with Gasteiger partial charge < -0.3 is 5.11 Å². The fourth-order valence-electron chi connectivity index (χ4n) is 9.63. The number of alkyl halides is 3. The number of phenolic OH excluding ortho intramolecular Hbond substituents is 1. The van der Waals surface area contributed by atoms with E-state index in [4.69, 9.17) is 23.2 Å². The van der Waals surface area contributed by atoms with E-state index in [0.29, 0.717) is 34.0 Å². The number of rotatable bonds is 7. The van der Waals surface area contributed by atoms with Gasteiger partial charge in [-0.15, -0.1) is 0 Å². The number of nitrogens with one attached hydrogen (secondary N) is 1. The number of hydrogen-bond acceptors (Lipinski definition) is 8. The van der Waals surface area contributed by atoms with E-state index >= 15 is 9.18 Å². The Balaban J connectivity index is 1.15. The Morgan fingerprint density at radius 3 is 2.18 bits per heavy atom. The lowest BCUT2D eigenvalue weighted by Gasteiger charge is -2.50. The van der Waals surface area contributed by atoms with Gasteiger partial charge in [-0.3, -0.25) is 34.3 Å². The molecule has 308 valence electrons. The second-order valence-corrected chi connectivity index (χ2v) is 16.2. The van der Waals surface area contributed by atoms with E-state index in [1.165, 1.54) is 42.5 Å². The van der Waals surface area contributed by atoms with Crippen molar-refractivity contribution in [2.24, 2.45) is 23.7 Å². The summed E-state index contributed by atoms with van der Waals surface area (Å²) in [7, 11) is 0. The van der Waals surface area contributed by atoms with Crippen LogP contribution in [0.15, 0.2) is 121 Å². The second-order valence-electron chi connectivity index (χ2n) is 15.4. The average Bonchev–Trinajstić information content (AvgIpc) is 3.63. The second kappa shape index (κ2) is 14.7. The molecule has 16 heteroatoms. The van der Waals surface area contributed by atoms with Crippen LogP contribution in [0.2, 0.25) is 10.0 Å². The number of ketones is 1. The topological polar surface area (TPSA) is 137 Å². The van der Waals surface area contributed by atoms with E-state index in [9.17, 15) is 37.5 Å². The molecule has 2 aliphatic carbocycles. The number of allylic oxidation sites excluding steroid dienone is 2. The predicted octanol–water partition coefficient (Wildman–Crippen LogP) is 8.67. The number of aromatic hydroxyl groups is 1. The standard InChI is InChI=1S/C45H30Cl2F4N4O6/c46-27-11-9-25(10-12-27)44-32(41(59)55(43(44)61)53-39-33(47)19-26(21-52-39)45(49,50)51)20-31-29(37(44)24-8-17-35(56)34(48)18-24)15-16-30-36(31)42(60)54(40(30)58)28-13-6-23(7-14-28)38(57)22-4-2-1-3-5-22/h1-15,17-19,21,30-32,36-37,56H,16,20H2,(H,52,53)/t30-,31+,32-,36-,37-,44+/m0/s1. The maximum absolute atomic E-state index is 15.4. The van der Waals surface area contributed by atoms with Crippen LogP contribution < -0.4 is 10.3 Å². The highest BCUT2D eigenvalue weighted by molar-refractivity contribution is 6.33. The summed E-state index contributed by atoms with van der Waals surface area (Å²) in [6, 6.07) is 24.9. The van der Waals surface area contributed by atoms with Crippen LogP contribution in [0.4, 0.5) is 29.1 Å². The van der Waals surface area contributed by atoms with Crippen LogP contribution in [0.1, 0.15) is 51.4 Å². The van der Waals surface area contributed by atoms with Crippen molar-refractivity contribution in [3.05, 3.63) is 165 Å². The number of anilines is 2. The maximum atomic E-state index is 15.4. The van der Waals surface area contributed by atoms with E-state index in [1.807, 2.05) is 0 Å². The summed E-state index contributed by atoms with van der Waals surface area (Å²) in [5.74, 6) is -10.5. The zero-order valence-electron chi connectivity index (χ0n) is 31.4. The van der Waals surface area contributed by atoms with E-state index in [0.717, 1.165) is 17.0 Å². The molecule has 4 aromatic carbocycles. The smallest absolute Gasteiger partial charge is 0.417 e. The molecule has 4 amide bonds. The van der Waals surface area contributed by atoms with Crippen LogP contribution in [0, 0.1) is 29.5 Å². The van der Waals surface area contributed by atoms with Gasteiger partial charge in [0.25, 0.3) is 11.8 Å². The highest BCUT2D eigenvalue weighted by atomic mass is 35.5. The number of pyridine rings is 1. The molecule has 1 saturated carbocycles. The Labute approximate surface area is 354 Å². The third-order valence-electron chi connectivity index (χ3n) is 12.3. The minimum absolute atomic E-state index is 0.0375. The number of aromatic nitrogens is 1. The van der Waals surface area contributed by atoms with Crippen molar-refractivity contribution in [2.75, 3.05) is 10.3 Å². The molecule has 10 nitrogen and oxygen atoms in total. The largest absolute Gasteiger partial charge is 0.505 e. The fraction of sp³-hybridized carbons (Fsp3) is 0.200. The van der Waals surface area contributed by atoms with Crippen molar-refractivity contribution in [1.29, 1.82) is 0 Å².